The van der Waals surface area contributed by atoms with Crippen LogP contribution in [-0.4, -0.2) is 0 Å². The molecule has 2 atom stereocenters. The van der Waals surface area contributed by atoms with E-state index in [1.165, 1.54) is 44.9 Å². The maximum atomic E-state index is 2.43. The Hall–Kier alpha value is 0. The van der Waals surface area contributed by atoms with Crippen LogP contribution in [0.15, 0.2) is 0 Å². The molecule has 0 aromatic carbocycles. The minimum atomic E-state index is 0.809. The van der Waals surface area contributed by atoms with E-state index in [-0.39, 0.29) is 0 Å². The molecule has 1 aliphatic rings. The first kappa shape index (κ1) is 10.1. The van der Waals surface area contributed by atoms with E-state index in [1.54, 1.807) is 0 Å². The van der Waals surface area contributed by atoms with Crippen molar-refractivity contribution in [1.29, 1.82) is 0 Å². The van der Waals surface area contributed by atoms with E-state index in [0.29, 0.717) is 0 Å². The molecule has 0 heteroatoms. The average molecular weight is 168 g/mol. The first-order valence-electron chi connectivity index (χ1n) is 5.75. The van der Waals surface area contributed by atoms with Crippen molar-refractivity contribution in [2.24, 2.45) is 11.3 Å². The lowest BCUT2D eigenvalue weighted by Gasteiger charge is -2.14. The topological polar surface area (TPSA) is 0 Å². The Balaban J connectivity index is 2.18. The van der Waals surface area contributed by atoms with Gasteiger partial charge in [0.2, 0.25) is 0 Å². The second-order valence-electron chi connectivity index (χ2n) is 4.67. The van der Waals surface area contributed by atoms with Gasteiger partial charge >= 0.3 is 0 Å². The van der Waals surface area contributed by atoms with Gasteiger partial charge in [-0.3, -0.25) is 0 Å². The molecule has 1 fully saturated rings. The van der Waals surface area contributed by atoms with Crippen molar-refractivity contribution in [3.63, 3.8) is 0 Å². The zero-order chi connectivity index (χ0) is 9.03. The summed E-state index contributed by atoms with van der Waals surface area (Å²) >= 11 is 0. The molecule has 2 unspecified atom stereocenters. The van der Waals surface area contributed by atoms with Crippen molar-refractivity contribution < 1.29 is 0 Å². The van der Waals surface area contributed by atoms with Gasteiger partial charge in [0.05, 0.1) is 0 Å². The van der Waals surface area contributed by atoms with E-state index in [4.69, 9.17) is 0 Å². The summed E-state index contributed by atoms with van der Waals surface area (Å²) in [4.78, 5) is 0. The summed E-state index contributed by atoms with van der Waals surface area (Å²) in [5.74, 6) is 1.04. The molecule has 0 amide bonds. The Morgan fingerprint density at radius 1 is 1.08 bits per heavy atom. The predicted molar refractivity (Wildman–Crippen MR) is 55.3 cm³/mol. The summed E-state index contributed by atoms with van der Waals surface area (Å²) in [6.45, 7) is 7.05. The van der Waals surface area contributed by atoms with Crippen LogP contribution in [0.2, 0.25) is 0 Å². The van der Waals surface area contributed by atoms with Gasteiger partial charge in [-0.1, -0.05) is 46.5 Å². The fourth-order valence-electron chi connectivity index (χ4n) is 2.60. The molecule has 0 N–H and O–H groups in total. The second kappa shape index (κ2) is 4.30. The van der Waals surface area contributed by atoms with Crippen molar-refractivity contribution in [3.8, 4) is 0 Å². The molecule has 1 aliphatic carbocycles. The molecule has 0 aliphatic heterocycles. The van der Waals surface area contributed by atoms with Crippen LogP contribution in [0.3, 0.4) is 0 Å². The van der Waals surface area contributed by atoms with Gasteiger partial charge in [0, 0.05) is 0 Å². The standard InChI is InChI=1S/C12H24/c1-4-6-7-9-12(8-5-2)10-11(12)3/h11H,4-10H2,1-3H3. The van der Waals surface area contributed by atoms with E-state index in [2.05, 4.69) is 20.8 Å². The van der Waals surface area contributed by atoms with Crippen LogP contribution in [0.1, 0.15) is 65.7 Å². The second-order valence-corrected chi connectivity index (χ2v) is 4.67. The molecule has 0 spiro atoms. The number of hydrogen-bond donors (Lipinski definition) is 0. The molecule has 0 aromatic rings. The highest BCUT2D eigenvalue weighted by Gasteiger charge is 2.48. The van der Waals surface area contributed by atoms with Gasteiger partial charge in [0.15, 0.2) is 0 Å². The van der Waals surface area contributed by atoms with Gasteiger partial charge in [-0.05, 0) is 30.6 Å². The summed E-state index contributed by atoms with van der Waals surface area (Å²) in [5, 5.41) is 0. The minimum Gasteiger partial charge on any atom is -0.0654 e. The maximum Gasteiger partial charge on any atom is -0.0269 e. The third-order valence-electron chi connectivity index (χ3n) is 3.62. The van der Waals surface area contributed by atoms with Crippen LogP contribution in [0.5, 0.6) is 0 Å². The Morgan fingerprint density at radius 3 is 2.17 bits per heavy atom. The van der Waals surface area contributed by atoms with Gasteiger partial charge in [-0.15, -0.1) is 0 Å². The Kier molecular flexibility index (Phi) is 3.61. The van der Waals surface area contributed by atoms with Gasteiger partial charge in [0.25, 0.3) is 0 Å². The van der Waals surface area contributed by atoms with Crippen molar-refractivity contribution in [2.75, 3.05) is 0 Å². The average Bonchev–Trinajstić information content (AvgIpc) is 2.63. The zero-order valence-electron chi connectivity index (χ0n) is 9.03. The van der Waals surface area contributed by atoms with E-state index < -0.39 is 0 Å². The first-order valence-corrected chi connectivity index (χ1v) is 5.75. The molecule has 0 bridgehead atoms. The number of rotatable bonds is 6. The summed E-state index contributed by atoms with van der Waals surface area (Å²) in [5.41, 5.74) is 0.809. The van der Waals surface area contributed by atoms with Crippen molar-refractivity contribution in [2.45, 2.75) is 65.7 Å². The molecule has 0 heterocycles. The number of hydrogen-bond acceptors (Lipinski definition) is 0. The SMILES string of the molecule is CCCCCC1(CCC)CC1C. The third kappa shape index (κ3) is 2.24. The van der Waals surface area contributed by atoms with E-state index in [0.717, 1.165) is 11.3 Å². The van der Waals surface area contributed by atoms with Crippen molar-refractivity contribution >= 4 is 0 Å². The highest BCUT2D eigenvalue weighted by atomic mass is 14.5. The van der Waals surface area contributed by atoms with Crippen LogP contribution in [-0.2, 0) is 0 Å². The fourth-order valence-corrected chi connectivity index (χ4v) is 2.60. The normalized spacial score (nSPS) is 33.8. The Bertz CT molecular complexity index is 128. The highest BCUT2D eigenvalue weighted by molar-refractivity contribution is 4.98. The maximum absolute atomic E-state index is 2.43. The number of unbranched alkanes of at least 4 members (excludes halogenated alkanes) is 2. The van der Waals surface area contributed by atoms with Crippen molar-refractivity contribution in [1.82, 2.24) is 0 Å². The zero-order valence-corrected chi connectivity index (χ0v) is 9.03. The van der Waals surface area contributed by atoms with Gasteiger partial charge in [0.1, 0.15) is 0 Å². The predicted octanol–water partition coefficient (Wildman–Crippen LogP) is 4.39. The highest BCUT2D eigenvalue weighted by Crippen LogP contribution is 2.58. The fraction of sp³-hybridized carbons (Fsp3) is 1.00. The first-order chi connectivity index (χ1) is 5.75. The molecule has 1 saturated carbocycles. The quantitative estimate of drug-likeness (QED) is 0.516. The van der Waals surface area contributed by atoms with E-state index >= 15 is 0 Å². The molecular weight excluding hydrogens is 144 g/mol. The van der Waals surface area contributed by atoms with Crippen molar-refractivity contribution in [3.05, 3.63) is 0 Å². The minimum absolute atomic E-state index is 0.809. The lowest BCUT2D eigenvalue weighted by Crippen LogP contribution is -2.02. The summed E-state index contributed by atoms with van der Waals surface area (Å²) in [6.07, 6.45) is 10.2. The van der Waals surface area contributed by atoms with E-state index in [9.17, 15) is 0 Å². The molecule has 12 heavy (non-hydrogen) atoms. The lowest BCUT2D eigenvalue weighted by molar-refractivity contribution is 0.373. The third-order valence-corrected chi connectivity index (χ3v) is 3.62. The summed E-state index contributed by atoms with van der Waals surface area (Å²) in [7, 11) is 0. The molecular formula is C12H24. The molecule has 0 saturated heterocycles. The molecule has 0 nitrogen and oxygen atoms in total. The molecule has 72 valence electrons. The van der Waals surface area contributed by atoms with Crippen LogP contribution >= 0.6 is 0 Å². The Labute approximate surface area is 77.7 Å². The largest absolute Gasteiger partial charge is 0.0654 e. The van der Waals surface area contributed by atoms with Gasteiger partial charge in [-0.25, -0.2) is 0 Å². The van der Waals surface area contributed by atoms with Crippen LogP contribution in [0.25, 0.3) is 0 Å². The van der Waals surface area contributed by atoms with Gasteiger partial charge in [-0.2, -0.15) is 0 Å². The summed E-state index contributed by atoms with van der Waals surface area (Å²) < 4.78 is 0. The molecule has 1 rings (SSSR count). The lowest BCUT2D eigenvalue weighted by atomic mass is 9.91. The van der Waals surface area contributed by atoms with Gasteiger partial charge < -0.3 is 0 Å². The van der Waals surface area contributed by atoms with Crippen LogP contribution in [0.4, 0.5) is 0 Å². The smallest absolute Gasteiger partial charge is 0.0269 e. The monoisotopic (exact) mass is 168 g/mol. The summed E-state index contributed by atoms with van der Waals surface area (Å²) in [6, 6.07) is 0. The Morgan fingerprint density at radius 2 is 1.75 bits per heavy atom. The molecule has 0 aromatic heterocycles. The van der Waals surface area contributed by atoms with Crippen LogP contribution in [0, 0.1) is 11.3 Å². The molecule has 0 radical (unpaired) electrons. The van der Waals surface area contributed by atoms with E-state index in [1.807, 2.05) is 0 Å². The van der Waals surface area contributed by atoms with Crippen LogP contribution < -0.4 is 0 Å².